The van der Waals surface area contributed by atoms with Crippen LogP contribution in [0.25, 0.3) is 0 Å². The topological polar surface area (TPSA) is 32.5 Å². The SMILES string of the molecule is Cc1ccc(CN2CCC(N3CCC(N)CC3)C2)c(Br)c1. The molecule has 0 radical (unpaired) electrons. The molecule has 1 unspecified atom stereocenters. The van der Waals surface area contributed by atoms with Crippen LogP contribution in [0.1, 0.15) is 30.4 Å². The average molecular weight is 352 g/mol. The van der Waals surface area contributed by atoms with Crippen molar-refractivity contribution in [1.82, 2.24) is 9.80 Å². The predicted octanol–water partition coefficient (Wildman–Crippen LogP) is 2.75. The fourth-order valence-electron chi connectivity index (χ4n) is 3.56. The molecule has 2 aliphatic heterocycles. The second-order valence-corrected chi connectivity index (χ2v) is 7.50. The van der Waals surface area contributed by atoms with E-state index in [4.69, 9.17) is 5.73 Å². The highest BCUT2D eigenvalue weighted by Gasteiger charge is 2.29. The molecule has 1 atom stereocenters. The molecule has 1 aromatic rings. The van der Waals surface area contributed by atoms with Crippen molar-refractivity contribution in [2.75, 3.05) is 26.2 Å². The minimum absolute atomic E-state index is 0.433. The molecular formula is C17H26BrN3. The number of nitrogens with zero attached hydrogens (tertiary/aromatic N) is 2. The quantitative estimate of drug-likeness (QED) is 0.908. The van der Waals surface area contributed by atoms with E-state index in [9.17, 15) is 0 Å². The van der Waals surface area contributed by atoms with E-state index in [1.54, 1.807) is 0 Å². The largest absolute Gasteiger partial charge is 0.328 e. The summed E-state index contributed by atoms with van der Waals surface area (Å²) in [5, 5.41) is 0. The maximum atomic E-state index is 6.01. The van der Waals surface area contributed by atoms with Gasteiger partial charge in [-0.05, 0) is 56.5 Å². The van der Waals surface area contributed by atoms with Gasteiger partial charge in [0.15, 0.2) is 0 Å². The zero-order valence-corrected chi connectivity index (χ0v) is 14.5. The first-order valence-corrected chi connectivity index (χ1v) is 8.88. The van der Waals surface area contributed by atoms with Crippen LogP contribution in [-0.4, -0.2) is 48.1 Å². The third-order valence-electron chi connectivity index (χ3n) is 4.94. The van der Waals surface area contributed by atoms with Crippen LogP contribution in [0.4, 0.5) is 0 Å². The predicted molar refractivity (Wildman–Crippen MR) is 91.3 cm³/mol. The number of aryl methyl sites for hydroxylation is 1. The highest BCUT2D eigenvalue weighted by Crippen LogP contribution is 2.24. The molecule has 3 nitrogen and oxygen atoms in total. The number of benzene rings is 1. The molecule has 2 aliphatic rings. The molecule has 1 aromatic carbocycles. The normalized spacial score (nSPS) is 25.6. The molecule has 2 fully saturated rings. The molecule has 0 aromatic heterocycles. The molecule has 3 rings (SSSR count). The summed E-state index contributed by atoms with van der Waals surface area (Å²) in [6.45, 7) is 8.00. The Balaban J connectivity index is 1.55. The summed E-state index contributed by atoms with van der Waals surface area (Å²) in [5.41, 5.74) is 8.73. The van der Waals surface area contributed by atoms with Crippen molar-refractivity contribution in [2.24, 2.45) is 5.73 Å². The van der Waals surface area contributed by atoms with Crippen LogP contribution in [0.5, 0.6) is 0 Å². The van der Waals surface area contributed by atoms with Crippen molar-refractivity contribution in [1.29, 1.82) is 0 Å². The Hall–Kier alpha value is -0.420. The number of nitrogens with two attached hydrogens (primary N) is 1. The van der Waals surface area contributed by atoms with Crippen molar-refractivity contribution in [2.45, 2.75) is 44.8 Å². The summed E-state index contributed by atoms with van der Waals surface area (Å²) >= 11 is 3.70. The van der Waals surface area contributed by atoms with Crippen molar-refractivity contribution < 1.29 is 0 Å². The lowest BCUT2D eigenvalue weighted by atomic mass is 10.0. The van der Waals surface area contributed by atoms with Gasteiger partial charge in [0.1, 0.15) is 0 Å². The lowest BCUT2D eigenvalue weighted by Crippen LogP contribution is -2.46. The Bertz CT molecular complexity index is 483. The number of hydrogen-bond donors (Lipinski definition) is 1. The Labute approximate surface area is 136 Å². The van der Waals surface area contributed by atoms with E-state index in [1.807, 2.05) is 0 Å². The maximum Gasteiger partial charge on any atom is 0.0245 e. The molecule has 116 valence electrons. The fourth-order valence-corrected chi connectivity index (χ4v) is 4.18. The number of piperidine rings is 1. The summed E-state index contributed by atoms with van der Waals surface area (Å²) in [6.07, 6.45) is 3.64. The van der Waals surface area contributed by atoms with Crippen molar-refractivity contribution in [3.05, 3.63) is 33.8 Å². The van der Waals surface area contributed by atoms with Gasteiger partial charge in [0.25, 0.3) is 0 Å². The van der Waals surface area contributed by atoms with Crippen LogP contribution in [0, 0.1) is 6.92 Å². The van der Waals surface area contributed by atoms with Gasteiger partial charge in [0.2, 0.25) is 0 Å². The first-order chi connectivity index (χ1) is 10.1. The van der Waals surface area contributed by atoms with Gasteiger partial charge in [0, 0.05) is 36.2 Å². The highest BCUT2D eigenvalue weighted by molar-refractivity contribution is 9.10. The Kier molecular flexibility index (Phi) is 4.99. The van der Waals surface area contributed by atoms with E-state index in [2.05, 4.69) is 50.9 Å². The molecule has 4 heteroatoms. The summed E-state index contributed by atoms with van der Waals surface area (Å²) in [6, 6.07) is 7.85. The van der Waals surface area contributed by atoms with Gasteiger partial charge in [-0.15, -0.1) is 0 Å². The summed E-state index contributed by atoms with van der Waals surface area (Å²) < 4.78 is 1.25. The van der Waals surface area contributed by atoms with Crippen LogP contribution < -0.4 is 5.73 Å². The Morgan fingerprint density at radius 3 is 2.67 bits per heavy atom. The fraction of sp³-hybridized carbons (Fsp3) is 0.647. The van der Waals surface area contributed by atoms with E-state index in [0.717, 1.165) is 12.6 Å². The van der Waals surface area contributed by atoms with Gasteiger partial charge >= 0.3 is 0 Å². The molecule has 0 amide bonds. The second kappa shape index (κ2) is 6.78. The third kappa shape index (κ3) is 3.86. The maximum absolute atomic E-state index is 6.01. The number of rotatable bonds is 3. The lowest BCUT2D eigenvalue weighted by Gasteiger charge is -2.34. The van der Waals surface area contributed by atoms with E-state index in [1.165, 1.54) is 61.0 Å². The van der Waals surface area contributed by atoms with Gasteiger partial charge in [0.05, 0.1) is 0 Å². The summed E-state index contributed by atoms with van der Waals surface area (Å²) in [5.74, 6) is 0. The minimum Gasteiger partial charge on any atom is -0.328 e. The third-order valence-corrected chi connectivity index (χ3v) is 5.68. The lowest BCUT2D eigenvalue weighted by molar-refractivity contribution is 0.151. The van der Waals surface area contributed by atoms with Gasteiger partial charge in [-0.25, -0.2) is 0 Å². The first kappa shape index (κ1) is 15.5. The molecular weight excluding hydrogens is 326 g/mol. The molecule has 2 N–H and O–H groups in total. The molecule has 2 heterocycles. The van der Waals surface area contributed by atoms with Crippen LogP contribution in [0.3, 0.4) is 0 Å². The van der Waals surface area contributed by atoms with Crippen LogP contribution >= 0.6 is 15.9 Å². The molecule has 21 heavy (non-hydrogen) atoms. The van der Waals surface area contributed by atoms with Gasteiger partial charge in [-0.3, -0.25) is 9.80 Å². The van der Waals surface area contributed by atoms with E-state index < -0.39 is 0 Å². The van der Waals surface area contributed by atoms with Gasteiger partial charge in [-0.1, -0.05) is 28.1 Å². The van der Waals surface area contributed by atoms with Crippen LogP contribution in [0.2, 0.25) is 0 Å². The van der Waals surface area contributed by atoms with Crippen LogP contribution in [-0.2, 0) is 6.54 Å². The molecule has 2 saturated heterocycles. The van der Waals surface area contributed by atoms with E-state index in [0.29, 0.717) is 6.04 Å². The molecule has 0 spiro atoms. The van der Waals surface area contributed by atoms with E-state index in [-0.39, 0.29) is 0 Å². The second-order valence-electron chi connectivity index (χ2n) is 6.65. The molecule has 0 bridgehead atoms. The average Bonchev–Trinajstić information content (AvgIpc) is 2.91. The van der Waals surface area contributed by atoms with E-state index >= 15 is 0 Å². The summed E-state index contributed by atoms with van der Waals surface area (Å²) in [7, 11) is 0. The number of halogens is 1. The van der Waals surface area contributed by atoms with Crippen molar-refractivity contribution >= 4 is 15.9 Å². The Morgan fingerprint density at radius 2 is 1.95 bits per heavy atom. The first-order valence-electron chi connectivity index (χ1n) is 8.09. The molecule has 0 saturated carbocycles. The standard InChI is InChI=1S/C17H26BrN3/c1-13-2-3-14(17(18)10-13)11-20-7-6-16(12-20)21-8-4-15(19)5-9-21/h2-3,10,15-16H,4-9,11-12,19H2,1H3. The smallest absolute Gasteiger partial charge is 0.0245 e. The monoisotopic (exact) mass is 351 g/mol. The minimum atomic E-state index is 0.433. The van der Waals surface area contributed by atoms with Gasteiger partial charge in [-0.2, -0.15) is 0 Å². The van der Waals surface area contributed by atoms with Crippen molar-refractivity contribution in [3.63, 3.8) is 0 Å². The van der Waals surface area contributed by atoms with Crippen molar-refractivity contribution in [3.8, 4) is 0 Å². The number of hydrogen-bond acceptors (Lipinski definition) is 3. The molecule has 0 aliphatic carbocycles. The highest BCUT2D eigenvalue weighted by atomic mass is 79.9. The number of likely N-dealkylation sites (tertiary alicyclic amines) is 2. The Morgan fingerprint density at radius 1 is 1.19 bits per heavy atom. The summed E-state index contributed by atoms with van der Waals surface area (Å²) in [4.78, 5) is 5.25. The van der Waals surface area contributed by atoms with Gasteiger partial charge < -0.3 is 5.73 Å². The zero-order valence-electron chi connectivity index (χ0n) is 12.9. The van der Waals surface area contributed by atoms with Crippen LogP contribution in [0.15, 0.2) is 22.7 Å². The zero-order chi connectivity index (χ0) is 14.8.